The summed E-state index contributed by atoms with van der Waals surface area (Å²) in [7, 11) is 0. The van der Waals surface area contributed by atoms with E-state index in [9.17, 15) is 4.79 Å². The van der Waals surface area contributed by atoms with E-state index in [2.05, 4.69) is 49.2 Å². The van der Waals surface area contributed by atoms with Crippen molar-refractivity contribution >= 4 is 11.7 Å². The molecule has 1 saturated carbocycles. The van der Waals surface area contributed by atoms with Crippen molar-refractivity contribution in [2.45, 2.75) is 34.2 Å². The Morgan fingerprint density at radius 3 is 2.79 bits per heavy atom. The van der Waals surface area contributed by atoms with E-state index in [0.717, 1.165) is 5.69 Å². The molecule has 1 aliphatic rings. The molecular formula is C19H24N4O. The van der Waals surface area contributed by atoms with Crippen LogP contribution in [0.4, 0.5) is 5.82 Å². The molecule has 2 heterocycles. The lowest BCUT2D eigenvalue weighted by Gasteiger charge is -2.03. The molecule has 3 rings (SSSR count). The standard InChI is InChI=1S/C19H24N4O/c1-13(2)11-15-17(19(15,3)4)18(24)21-16-8-10-23(22-16)12-14-7-5-6-9-20-14/h5-11,15,17H,12H2,1-4H3,(H,21,22,24)/t15-,17-/m1/s1. The van der Waals surface area contributed by atoms with Crippen molar-refractivity contribution in [3.63, 3.8) is 0 Å². The predicted molar refractivity (Wildman–Crippen MR) is 94.4 cm³/mol. The molecule has 0 aliphatic heterocycles. The highest BCUT2D eigenvalue weighted by molar-refractivity contribution is 5.95. The van der Waals surface area contributed by atoms with E-state index in [1.165, 1.54) is 5.57 Å². The van der Waals surface area contributed by atoms with Crippen molar-refractivity contribution < 1.29 is 4.79 Å². The summed E-state index contributed by atoms with van der Waals surface area (Å²) < 4.78 is 1.78. The first-order valence-corrected chi connectivity index (χ1v) is 8.27. The molecule has 0 bridgehead atoms. The lowest BCUT2D eigenvalue weighted by Crippen LogP contribution is -2.17. The number of pyridine rings is 1. The van der Waals surface area contributed by atoms with Crippen LogP contribution in [0.1, 0.15) is 33.4 Å². The van der Waals surface area contributed by atoms with Crippen molar-refractivity contribution in [1.29, 1.82) is 0 Å². The van der Waals surface area contributed by atoms with Crippen molar-refractivity contribution in [3.05, 3.63) is 54.0 Å². The summed E-state index contributed by atoms with van der Waals surface area (Å²) in [6.07, 6.45) is 5.82. The SMILES string of the molecule is CC(C)=C[C@@H]1[C@H](C(=O)Nc2ccn(Cc3ccccn3)n2)C1(C)C. The monoisotopic (exact) mass is 324 g/mol. The number of amides is 1. The van der Waals surface area contributed by atoms with E-state index in [1.807, 2.05) is 30.5 Å². The smallest absolute Gasteiger partial charge is 0.229 e. The van der Waals surface area contributed by atoms with E-state index in [0.29, 0.717) is 18.3 Å². The molecule has 1 amide bonds. The van der Waals surface area contributed by atoms with Gasteiger partial charge in [0.15, 0.2) is 5.82 Å². The molecule has 0 unspecified atom stereocenters. The summed E-state index contributed by atoms with van der Waals surface area (Å²) in [4.78, 5) is 16.8. The minimum Gasteiger partial charge on any atom is -0.309 e. The Hall–Kier alpha value is -2.43. The van der Waals surface area contributed by atoms with Gasteiger partial charge in [0, 0.05) is 18.5 Å². The number of aromatic nitrogens is 3. The summed E-state index contributed by atoms with van der Waals surface area (Å²) in [6, 6.07) is 7.62. The molecule has 126 valence electrons. The van der Waals surface area contributed by atoms with Crippen molar-refractivity contribution in [2.24, 2.45) is 17.3 Å². The largest absolute Gasteiger partial charge is 0.309 e. The van der Waals surface area contributed by atoms with Crippen LogP contribution in [0, 0.1) is 17.3 Å². The number of allylic oxidation sites excluding steroid dienone is 2. The highest BCUT2D eigenvalue weighted by atomic mass is 16.2. The van der Waals surface area contributed by atoms with Crippen LogP contribution in [0.25, 0.3) is 0 Å². The molecule has 2 aromatic heterocycles. The maximum Gasteiger partial charge on any atom is 0.229 e. The number of hydrogen-bond donors (Lipinski definition) is 1. The highest BCUT2D eigenvalue weighted by Gasteiger charge is 2.60. The van der Waals surface area contributed by atoms with Gasteiger partial charge in [-0.05, 0) is 37.3 Å². The first-order valence-electron chi connectivity index (χ1n) is 8.27. The van der Waals surface area contributed by atoms with Gasteiger partial charge in [-0.2, -0.15) is 5.10 Å². The Balaban J connectivity index is 1.63. The number of nitrogens with one attached hydrogen (secondary N) is 1. The van der Waals surface area contributed by atoms with E-state index in [4.69, 9.17) is 0 Å². The van der Waals surface area contributed by atoms with Gasteiger partial charge in [0.1, 0.15) is 0 Å². The summed E-state index contributed by atoms with van der Waals surface area (Å²) in [5, 5.41) is 7.37. The van der Waals surface area contributed by atoms with Crippen LogP contribution >= 0.6 is 0 Å². The number of carbonyl (C=O) groups excluding carboxylic acids is 1. The predicted octanol–water partition coefficient (Wildman–Crippen LogP) is 3.50. The van der Waals surface area contributed by atoms with E-state index >= 15 is 0 Å². The van der Waals surface area contributed by atoms with Crippen molar-refractivity contribution in [2.75, 3.05) is 5.32 Å². The molecule has 1 N–H and O–H groups in total. The second kappa shape index (κ2) is 6.23. The number of rotatable bonds is 5. The van der Waals surface area contributed by atoms with Crippen LogP contribution in [0.2, 0.25) is 0 Å². The average Bonchev–Trinajstić information content (AvgIpc) is 2.83. The zero-order valence-corrected chi connectivity index (χ0v) is 14.7. The Morgan fingerprint density at radius 2 is 2.12 bits per heavy atom. The number of anilines is 1. The molecule has 2 aromatic rings. The van der Waals surface area contributed by atoms with Gasteiger partial charge < -0.3 is 5.32 Å². The zero-order valence-electron chi connectivity index (χ0n) is 14.7. The van der Waals surface area contributed by atoms with E-state index < -0.39 is 0 Å². The van der Waals surface area contributed by atoms with Crippen LogP contribution in [0.5, 0.6) is 0 Å². The summed E-state index contributed by atoms with van der Waals surface area (Å²) in [5.41, 5.74) is 2.20. The molecule has 2 atom stereocenters. The van der Waals surface area contributed by atoms with Gasteiger partial charge in [0.25, 0.3) is 0 Å². The summed E-state index contributed by atoms with van der Waals surface area (Å²) in [5.74, 6) is 0.951. The molecule has 0 saturated heterocycles. The normalized spacial score (nSPS) is 21.2. The lowest BCUT2D eigenvalue weighted by molar-refractivity contribution is -0.118. The molecule has 1 fully saturated rings. The first kappa shape index (κ1) is 16.4. The van der Waals surface area contributed by atoms with E-state index in [1.54, 1.807) is 10.9 Å². The van der Waals surface area contributed by atoms with Crippen LogP contribution in [-0.4, -0.2) is 20.7 Å². The number of hydrogen-bond acceptors (Lipinski definition) is 3. The number of nitrogens with zero attached hydrogens (tertiary/aromatic N) is 3. The summed E-state index contributed by atoms with van der Waals surface area (Å²) in [6.45, 7) is 9.01. The molecule has 24 heavy (non-hydrogen) atoms. The second-order valence-corrected chi connectivity index (χ2v) is 7.28. The zero-order chi connectivity index (χ0) is 17.3. The molecule has 0 aromatic carbocycles. The van der Waals surface area contributed by atoms with Gasteiger partial charge in [-0.15, -0.1) is 0 Å². The van der Waals surface area contributed by atoms with Crippen molar-refractivity contribution in [1.82, 2.24) is 14.8 Å². The lowest BCUT2D eigenvalue weighted by atomic mass is 10.1. The Labute approximate surface area is 142 Å². The molecule has 0 spiro atoms. The fraction of sp³-hybridized carbons (Fsp3) is 0.421. The molecular weight excluding hydrogens is 300 g/mol. The molecule has 5 nitrogen and oxygen atoms in total. The maximum absolute atomic E-state index is 12.5. The Bertz CT molecular complexity index is 757. The number of carbonyl (C=O) groups is 1. The third-order valence-corrected chi connectivity index (χ3v) is 4.65. The fourth-order valence-electron chi connectivity index (χ4n) is 3.23. The van der Waals surface area contributed by atoms with Crippen LogP contribution in [0.3, 0.4) is 0 Å². The second-order valence-electron chi connectivity index (χ2n) is 7.28. The third kappa shape index (κ3) is 3.40. The average molecular weight is 324 g/mol. The van der Waals surface area contributed by atoms with Gasteiger partial charge in [-0.1, -0.05) is 31.6 Å². The highest BCUT2D eigenvalue weighted by Crippen LogP contribution is 2.59. The van der Waals surface area contributed by atoms with Gasteiger partial charge in [-0.3, -0.25) is 14.5 Å². The molecule has 1 aliphatic carbocycles. The summed E-state index contributed by atoms with van der Waals surface area (Å²) >= 11 is 0. The van der Waals surface area contributed by atoms with Gasteiger partial charge >= 0.3 is 0 Å². The van der Waals surface area contributed by atoms with Gasteiger partial charge in [0.2, 0.25) is 5.91 Å². The fourth-order valence-corrected chi connectivity index (χ4v) is 3.23. The Morgan fingerprint density at radius 1 is 1.33 bits per heavy atom. The van der Waals surface area contributed by atoms with Crippen molar-refractivity contribution in [3.8, 4) is 0 Å². The van der Waals surface area contributed by atoms with Crippen LogP contribution < -0.4 is 5.32 Å². The quantitative estimate of drug-likeness (QED) is 0.856. The van der Waals surface area contributed by atoms with Crippen LogP contribution in [0.15, 0.2) is 48.3 Å². The first-order chi connectivity index (χ1) is 11.4. The van der Waals surface area contributed by atoms with Crippen LogP contribution in [-0.2, 0) is 11.3 Å². The maximum atomic E-state index is 12.5. The van der Waals surface area contributed by atoms with Gasteiger partial charge in [-0.25, -0.2) is 0 Å². The topological polar surface area (TPSA) is 59.8 Å². The molecule has 5 heteroatoms. The molecule has 0 radical (unpaired) electrons. The van der Waals surface area contributed by atoms with E-state index in [-0.39, 0.29) is 17.2 Å². The minimum absolute atomic E-state index is 0.00772. The minimum atomic E-state index is 0.00772. The van der Waals surface area contributed by atoms with Gasteiger partial charge in [0.05, 0.1) is 18.2 Å². The Kier molecular flexibility index (Phi) is 4.26. The third-order valence-electron chi connectivity index (χ3n) is 4.65.